The van der Waals surface area contributed by atoms with Crippen LogP contribution in [0.4, 0.5) is 0 Å². The molecule has 1 unspecified atom stereocenters. The second kappa shape index (κ2) is 8.60. The van der Waals surface area contributed by atoms with Gasteiger partial charge in [0.05, 0.1) is 6.10 Å². The van der Waals surface area contributed by atoms with Gasteiger partial charge in [-0.1, -0.05) is 37.2 Å². The summed E-state index contributed by atoms with van der Waals surface area (Å²) in [5.41, 5.74) is 1.96. The summed E-state index contributed by atoms with van der Waals surface area (Å²) in [7, 11) is 0. The number of thioether (sulfide) groups is 1. The lowest BCUT2D eigenvalue weighted by Gasteiger charge is -2.18. The highest BCUT2D eigenvalue weighted by molar-refractivity contribution is 7.99. The summed E-state index contributed by atoms with van der Waals surface area (Å²) in [5, 5.41) is 23.0. The van der Waals surface area contributed by atoms with Crippen molar-refractivity contribution in [2.24, 2.45) is 0 Å². The number of pyridine rings is 1. The molecule has 1 aromatic heterocycles. The first kappa shape index (κ1) is 18.9. The summed E-state index contributed by atoms with van der Waals surface area (Å²) in [6, 6.07) is 9.02. The zero-order valence-corrected chi connectivity index (χ0v) is 15.6. The van der Waals surface area contributed by atoms with E-state index in [0.717, 1.165) is 21.6 Å². The third-order valence-electron chi connectivity index (χ3n) is 3.56. The quantitative estimate of drug-likeness (QED) is 0.457. The molecule has 1 N–H and O–H groups in total. The maximum Gasteiger partial charge on any atom is 0.251 e. The van der Waals surface area contributed by atoms with E-state index in [0.29, 0.717) is 15.8 Å². The summed E-state index contributed by atoms with van der Waals surface area (Å²) in [6.45, 7) is 6.23. The molecule has 130 valence electrons. The fourth-order valence-electron chi connectivity index (χ4n) is 2.19. The second-order valence-corrected chi connectivity index (χ2v) is 7.38. The molecule has 6 heteroatoms. The average Bonchev–Trinajstić information content (AvgIpc) is 2.54. The van der Waals surface area contributed by atoms with E-state index in [1.807, 2.05) is 19.1 Å². The Kier molecular flexibility index (Phi) is 6.78. The van der Waals surface area contributed by atoms with Crippen molar-refractivity contribution < 1.29 is 14.6 Å². The van der Waals surface area contributed by atoms with Crippen LogP contribution in [0.1, 0.15) is 30.9 Å². The van der Waals surface area contributed by atoms with Gasteiger partial charge in [0.15, 0.2) is 6.20 Å². The van der Waals surface area contributed by atoms with E-state index < -0.39 is 6.10 Å². The molecule has 2 rings (SSSR count). The number of hydrogen-bond acceptors (Lipinski definition) is 4. The molecule has 0 aliphatic carbocycles. The largest absolute Gasteiger partial charge is 0.618 e. The Morgan fingerprint density at radius 1 is 1.33 bits per heavy atom. The fraction of sp³-hybridized carbons (Fsp3) is 0.389. The van der Waals surface area contributed by atoms with Crippen molar-refractivity contribution in [1.29, 1.82) is 0 Å². The monoisotopic (exact) mass is 367 g/mol. The van der Waals surface area contributed by atoms with E-state index in [4.69, 9.17) is 16.3 Å². The highest BCUT2D eigenvalue weighted by Gasteiger charge is 2.14. The van der Waals surface area contributed by atoms with E-state index >= 15 is 0 Å². The molecule has 24 heavy (non-hydrogen) atoms. The van der Waals surface area contributed by atoms with Gasteiger partial charge < -0.3 is 15.1 Å². The van der Waals surface area contributed by atoms with Crippen LogP contribution in [0.5, 0.6) is 5.75 Å². The van der Waals surface area contributed by atoms with E-state index in [1.165, 1.54) is 18.0 Å². The van der Waals surface area contributed by atoms with Crippen LogP contribution in [-0.2, 0) is 0 Å². The molecule has 1 atom stereocenters. The van der Waals surface area contributed by atoms with Gasteiger partial charge in [0.1, 0.15) is 12.4 Å². The Hall–Kier alpha value is -1.43. The van der Waals surface area contributed by atoms with Crippen LogP contribution in [0.3, 0.4) is 0 Å². The number of rotatable bonds is 7. The number of ether oxygens (including phenoxy) is 1. The van der Waals surface area contributed by atoms with Crippen molar-refractivity contribution in [3.63, 3.8) is 0 Å². The van der Waals surface area contributed by atoms with Crippen LogP contribution in [-0.4, -0.2) is 23.6 Å². The van der Waals surface area contributed by atoms with Crippen molar-refractivity contribution in [3.8, 4) is 5.75 Å². The number of aryl methyl sites for hydroxylation is 1. The third-order valence-corrected chi connectivity index (χ3v) is 5.13. The van der Waals surface area contributed by atoms with Gasteiger partial charge in [-0.3, -0.25) is 0 Å². The molecule has 0 saturated carbocycles. The van der Waals surface area contributed by atoms with Crippen LogP contribution in [0.25, 0.3) is 0 Å². The van der Waals surface area contributed by atoms with Crippen molar-refractivity contribution in [1.82, 2.24) is 0 Å². The van der Waals surface area contributed by atoms with E-state index in [9.17, 15) is 10.3 Å². The molecule has 1 heterocycles. The second-order valence-electron chi connectivity index (χ2n) is 5.93. The van der Waals surface area contributed by atoms with Gasteiger partial charge in [-0.05, 0) is 42.2 Å². The first-order chi connectivity index (χ1) is 11.4. The summed E-state index contributed by atoms with van der Waals surface area (Å²) in [4.78, 5) is 0. The SMILES string of the molecule is Cc1cc(OCC(O)CSc2cccc[n+]2[O-])c(C(C)C)cc1Cl. The third kappa shape index (κ3) is 5.03. The molecule has 0 bridgehead atoms. The standard InChI is InChI=1S/C18H22ClNO3S/c1-12(2)15-9-16(19)13(3)8-17(15)23-10-14(21)11-24-18-6-4-5-7-20(18)22/h4-9,12,14,21H,10-11H2,1-3H3. The Balaban J connectivity index is 1.95. The number of aliphatic hydroxyl groups excluding tert-OH is 1. The highest BCUT2D eigenvalue weighted by Crippen LogP contribution is 2.32. The Morgan fingerprint density at radius 3 is 2.75 bits per heavy atom. The lowest BCUT2D eigenvalue weighted by molar-refractivity contribution is -0.645. The molecule has 1 aromatic carbocycles. The Labute approximate surface area is 152 Å². The number of nitrogens with zero attached hydrogens (tertiary/aromatic N) is 1. The zero-order valence-electron chi connectivity index (χ0n) is 14.0. The maximum atomic E-state index is 11.6. The summed E-state index contributed by atoms with van der Waals surface area (Å²) in [5.74, 6) is 1.40. The molecule has 0 aliphatic heterocycles. The molecular weight excluding hydrogens is 346 g/mol. The normalized spacial score (nSPS) is 12.4. The van der Waals surface area contributed by atoms with Crippen LogP contribution < -0.4 is 9.47 Å². The van der Waals surface area contributed by atoms with Crippen LogP contribution in [0.15, 0.2) is 41.6 Å². The maximum absolute atomic E-state index is 11.6. The minimum Gasteiger partial charge on any atom is -0.618 e. The Bertz CT molecular complexity index is 694. The fourth-order valence-corrected chi connectivity index (χ4v) is 3.18. The number of aliphatic hydroxyl groups is 1. The average molecular weight is 368 g/mol. The minimum atomic E-state index is -0.675. The molecule has 4 nitrogen and oxygen atoms in total. The first-order valence-electron chi connectivity index (χ1n) is 7.80. The molecule has 2 aromatic rings. The smallest absolute Gasteiger partial charge is 0.251 e. The summed E-state index contributed by atoms with van der Waals surface area (Å²) >= 11 is 7.49. The topological polar surface area (TPSA) is 56.4 Å². The molecule has 0 aliphatic rings. The van der Waals surface area contributed by atoms with Crippen molar-refractivity contribution in [2.45, 2.75) is 37.8 Å². The van der Waals surface area contributed by atoms with Crippen molar-refractivity contribution in [3.05, 3.63) is 57.9 Å². The number of hydrogen-bond donors (Lipinski definition) is 1. The molecule has 0 radical (unpaired) electrons. The number of halogens is 1. The predicted octanol–water partition coefficient (Wildman–Crippen LogP) is 3.94. The summed E-state index contributed by atoms with van der Waals surface area (Å²) < 4.78 is 6.60. The number of aromatic nitrogens is 1. The van der Waals surface area contributed by atoms with E-state index in [1.54, 1.807) is 18.2 Å². The predicted molar refractivity (Wildman–Crippen MR) is 97.9 cm³/mol. The van der Waals surface area contributed by atoms with Gasteiger partial charge in [0.2, 0.25) is 0 Å². The molecule has 0 amide bonds. The molecule has 0 saturated heterocycles. The molecule has 0 fully saturated rings. The van der Waals surface area contributed by atoms with Crippen molar-refractivity contribution in [2.75, 3.05) is 12.4 Å². The van der Waals surface area contributed by atoms with Crippen LogP contribution in [0, 0.1) is 12.1 Å². The van der Waals surface area contributed by atoms with E-state index in [2.05, 4.69) is 13.8 Å². The highest BCUT2D eigenvalue weighted by atomic mass is 35.5. The van der Waals surface area contributed by atoms with E-state index in [-0.39, 0.29) is 12.5 Å². The van der Waals surface area contributed by atoms with Crippen molar-refractivity contribution >= 4 is 23.4 Å². The van der Waals surface area contributed by atoms with Gasteiger partial charge in [0, 0.05) is 22.9 Å². The summed E-state index contributed by atoms with van der Waals surface area (Å²) in [6.07, 6.45) is 0.766. The zero-order chi connectivity index (χ0) is 17.7. The van der Waals surface area contributed by atoms with Gasteiger partial charge in [0.25, 0.3) is 5.03 Å². The molecular formula is C18H22ClNO3S. The first-order valence-corrected chi connectivity index (χ1v) is 9.16. The minimum absolute atomic E-state index is 0.166. The van der Waals surface area contributed by atoms with Gasteiger partial charge in [-0.15, -0.1) is 0 Å². The van der Waals surface area contributed by atoms with Gasteiger partial charge in [-0.25, -0.2) is 0 Å². The van der Waals surface area contributed by atoms with Crippen LogP contribution in [0.2, 0.25) is 5.02 Å². The molecule has 0 spiro atoms. The number of benzene rings is 1. The lowest BCUT2D eigenvalue weighted by Crippen LogP contribution is -2.29. The van der Waals surface area contributed by atoms with Gasteiger partial charge >= 0.3 is 0 Å². The lowest BCUT2D eigenvalue weighted by atomic mass is 10.0. The Morgan fingerprint density at radius 2 is 2.08 bits per heavy atom. The van der Waals surface area contributed by atoms with Crippen LogP contribution >= 0.6 is 23.4 Å². The van der Waals surface area contributed by atoms with Gasteiger partial charge in [-0.2, -0.15) is 4.73 Å².